The number of piperazine rings is 1. The molecule has 0 atom stereocenters. The van der Waals surface area contributed by atoms with Crippen LogP contribution in [-0.2, 0) is 14.3 Å². The zero-order valence-electron chi connectivity index (χ0n) is 15.8. The van der Waals surface area contributed by atoms with Crippen LogP contribution < -0.4 is 5.32 Å². The molecule has 0 aliphatic carbocycles. The molecular formula is C17H31N3O4. The van der Waals surface area contributed by atoms with Gasteiger partial charge in [-0.15, -0.1) is 0 Å². The Kier molecular flexibility index (Phi) is 6.63. The fraction of sp³-hybridized carbons (Fsp3) is 0.824. The van der Waals surface area contributed by atoms with Crippen molar-refractivity contribution in [3.05, 3.63) is 0 Å². The van der Waals surface area contributed by atoms with E-state index in [0.717, 1.165) is 0 Å². The Morgan fingerprint density at radius 2 is 1.38 bits per heavy atom. The van der Waals surface area contributed by atoms with Crippen molar-refractivity contribution in [2.75, 3.05) is 26.2 Å². The van der Waals surface area contributed by atoms with Crippen molar-refractivity contribution >= 4 is 17.9 Å². The minimum Gasteiger partial charge on any atom is -0.444 e. The predicted octanol–water partition coefficient (Wildman–Crippen LogP) is 1.76. The highest BCUT2D eigenvalue weighted by Gasteiger charge is 2.27. The Hall–Kier alpha value is -1.79. The van der Waals surface area contributed by atoms with E-state index >= 15 is 0 Å². The van der Waals surface area contributed by atoms with Crippen LogP contribution in [0, 0.1) is 0 Å². The summed E-state index contributed by atoms with van der Waals surface area (Å²) in [5, 5.41) is 2.84. The summed E-state index contributed by atoms with van der Waals surface area (Å²) in [5.41, 5.74) is -0.816. The lowest BCUT2D eigenvalue weighted by molar-refractivity contribution is -0.135. The van der Waals surface area contributed by atoms with Crippen molar-refractivity contribution in [3.63, 3.8) is 0 Å². The van der Waals surface area contributed by atoms with Gasteiger partial charge in [0.05, 0.1) is 0 Å². The van der Waals surface area contributed by atoms with Gasteiger partial charge in [0.25, 0.3) is 0 Å². The van der Waals surface area contributed by atoms with Gasteiger partial charge < -0.3 is 19.9 Å². The van der Waals surface area contributed by atoms with E-state index < -0.39 is 5.60 Å². The zero-order valence-corrected chi connectivity index (χ0v) is 15.8. The van der Waals surface area contributed by atoms with Crippen LogP contribution >= 0.6 is 0 Å². The fourth-order valence-corrected chi connectivity index (χ4v) is 2.32. The van der Waals surface area contributed by atoms with Crippen LogP contribution in [0.5, 0.6) is 0 Å². The number of nitrogens with one attached hydrogen (secondary N) is 1. The Balaban J connectivity index is 2.35. The van der Waals surface area contributed by atoms with E-state index in [9.17, 15) is 14.4 Å². The quantitative estimate of drug-likeness (QED) is 0.848. The molecule has 0 bridgehead atoms. The number of rotatable bonds is 3. The molecule has 1 N–H and O–H groups in total. The van der Waals surface area contributed by atoms with Gasteiger partial charge in [0, 0.05) is 44.6 Å². The first-order chi connectivity index (χ1) is 10.9. The number of hydrogen-bond acceptors (Lipinski definition) is 4. The summed E-state index contributed by atoms with van der Waals surface area (Å²) >= 11 is 0. The highest BCUT2D eigenvalue weighted by Crippen LogP contribution is 2.12. The summed E-state index contributed by atoms with van der Waals surface area (Å²) < 4.78 is 5.33. The minimum absolute atomic E-state index is 0.0529. The maximum Gasteiger partial charge on any atom is 0.410 e. The smallest absolute Gasteiger partial charge is 0.410 e. The number of nitrogens with zero attached hydrogens (tertiary/aromatic N) is 2. The molecule has 0 saturated carbocycles. The van der Waals surface area contributed by atoms with Crippen LogP contribution in [0.2, 0.25) is 0 Å². The fourth-order valence-electron chi connectivity index (χ4n) is 2.32. The number of ether oxygens (including phenoxy) is 1. The highest BCUT2D eigenvalue weighted by molar-refractivity contribution is 5.84. The first kappa shape index (κ1) is 20.3. The molecule has 1 fully saturated rings. The molecule has 0 radical (unpaired) electrons. The summed E-state index contributed by atoms with van der Waals surface area (Å²) in [6, 6.07) is 0. The lowest BCUT2D eigenvalue weighted by Gasteiger charge is -2.35. The summed E-state index contributed by atoms with van der Waals surface area (Å²) in [6.07, 6.45) is 0.0238. The number of carbonyl (C=O) groups is 3. The van der Waals surface area contributed by atoms with Crippen LogP contribution in [-0.4, -0.2) is 65.0 Å². The van der Waals surface area contributed by atoms with E-state index in [2.05, 4.69) is 5.32 Å². The predicted molar refractivity (Wildman–Crippen MR) is 91.5 cm³/mol. The molecule has 0 unspecified atom stereocenters. The zero-order chi connectivity index (χ0) is 18.5. The number of hydrogen-bond donors (Lipinski definition) is 1. The highest BCUT2D eigenvalue weighted by atomic mass is 16.6. The Bertz CT molecular complexity index is 469. The van der Waals surface area contributed by atoms with Gasteiger partial charge in [0.15, 0.2) is 0 Å². The largest absolute Gasteiger partial charge is 0.444 e. The maximum atomic E-state index is 12.2. The van der Waals surface area contributed by atoms with Gasteiger partial charge in [-0.2, -0.15) is 0 Å². The molecule has 1 aliphatic heterocycles. The third kappa shape index (κ3) is 7.66. The Labute approximate surface area is 144 Å². The third-order valence-electron chi connectivity index (χ3n) is 3.36. The Morgan fingerprint density at radius 3 is 1.83 bits per heavy atom. The number of amides is 3. The minimum atomic E-state index is -0.523. The van der Waals surface area contributed by atoms with Crippen LogP contribution in [0.1, 0.15) is 54.4 Å². The lowest BCUT2D eigenvalue weighted by atomic mass is 10.1. The summed E-state index contributed by atoms with van der Waals surface area (Å²) in [5.74, 6) is -0.175. The normalized spacial score (nSPS) is 15.9. The molecule has 7 heteroatoms. The Morgan fingerprint density at radius 1 is 0.875 bits per heavy atom. The van der Waals surface area contributed by atoms with Gasteiger partial charge in [-0.1, -0.05) is 0 Å². The van der Waals surface area contributed by atoms with E-state index in [-0.39, 0.29) is 36.3 Å². The molecule has 1 rings (SSSR count). The average Bonchev–Trinajstić information content (AvgIpc) is 2.41. The van der Waals surface area contributed by atoms with Crippen LogP contribution in [0.3, 0.4) is 0 Å². The van der Waals surface area contributed by atoms with Crippen LogP contribution in [0.25, 0.3) is 0 Å². The van der Waals surface area contributed by atoms with E-state index in [0.29, 0.717) is 26.2 Å². The van der Waals surface area contributed by atoms with Crippen molar-refractivity contribution in [1.29, 1.82) is 0 Å². The topological polar surface area (TPSA) is 79.0 Å². The molecule has 24 heavy (non-hydrogen) atoms. The second kappa shape index (κ2) is 7.85. The third-order valence-corrected chi connectivity index (χ3v) is 3.36. The summed E-state index contributed by atoms with van der Waals surface area (Å²) in [4.78, 5) is 39.3. The monoisotopic (exact) mass is 341 g/mol. The molecule has 1 aliphatic rings. The number of carbonyl (C=O) groups excluding carboxylic acids is 3. The van der Waals surface area contributed by atoms with E-state index in [1.807, 2.05) is 41.5 Å². The molecule has 0 aromatic heterocycles. The van der Waals surface area contributed by atoms with Gasteiger partial charge in [-0.25, -0.2) is 4.79 Å². The van der Waals surface area contributed by atoms with E-state index in [1.54, 1.807) is 9.80 Å². The second-order valence-electron chi connectivity index (χ2n) is 8.15. The molecule has 1 saturated heterocycles. The van der Waals surface area contributed by atoms with Crippen molar-refractivity contribution in [1.82, 2.24) is 15.1 Å². The molecular weight excluding hydrogens is 310 g/mol. The van der Waals surface area contributed by atoms with Crippen molar-refractivity contribution in [2.24, 2.45) is 0 Å². The SMILES string of the molecule is CC(C)(C)NC(=O)CCC(=O)N1CCN(C(=O)OC(C)(C)C)CC1. The standard InChI is InChI=1S/C17H31N3O4/c1-16(2,3)18-13(21)7-8-14(22)19-9-11-20(12-10-19)15(23)24-17(4,5)6/h7-12H2,1-6H3,(H,18,21). The first-order valence-corrected chi connectivity index (χ1v) is 8.44. The first-order valence-electron chi connectivity index (χ1n) is 8.44. The van der Waals surface area contributed by atoms with Crippen molar-refractivity contribution in [2.45, 2.75) is 65.5 Å². The molecule has 1 heterocycles. The van der Waals surface area contributed by atoms with E-state index in [1.165, 1.54) is 0 Å². The molecule has 138 valence electrons. The maximum absolute atomic E-state index is 12.2. The molecule has 3 amide bonds. The van der Waals surface area contributed by atoms with Crippen molar-refractivity contribution in [3.8, 4) is 0 Å². The molecule has 0 spiro atoms. The summed E-state index contributed by atoms with van der Waals surface area (Å²) in [6.45, 7) is 13.0. The van der Waals surface area contributed by atoms with Gasteiger partial charge in [-0.05, 0) is 41.5 Å². The van der Waals surface area contributed by atoms with Crippen LogP contribution in [0.15, 0.2) is 0 Å². The second-order valence-corrected chi connectivity index (χ2v) is 8.15. The van der Waals surface area contributed by atoms with Gasteiger partial charge in [0.2, 0.25) is 11.8 Å². The van der Waals surface area contributed by atoms with Gasteiger partial charge >= 0.3 is 6.09 Å². The van der Waals surface area contributed by atoms with Gasteiger partial charge in [-0.3, -0.25) is 9.59 Å². The van der Waals surface area contributed by atoms with Gasteiger partial charge in [0.1, 0.15) is 5.60 Å². The molecule has 7 nitrogen and oxygen atoms in total. The van der Waals surface area contributed by atoms with Crippen molar-refractivity contribution < 1.29 is 19.1 Å². The van der Waals surface area contributed by atoms with Crippen LogP contribution in [0.4, 0.5) is 4.79 Å². The molecule has 0 aromatic rings. The van der Waals surface area contributed by atoms with E-state index in [4.69, 9.17) is 4.74 Å². The summed E-state index contributed by atoms with van der Waals surface area (Å²) in [7, 11) is 0. The lowest BCUT2D eigenvalue weighted by Crippen LogP contribution is -2.51. The molecule has 0 aromatic carbocycles. The average molecular weight is 341 g/mol.